The molecule has 0 aliphatic heterocycles. The van der Waals surface area contributed by atoms with Crippen molar-refractivity contribution < 1.29 is 4.42 Å². The number of hydrogen-bond donors (Lipinski definition) is 0. The summed E-state index contributed by atoms with van der Waals surface area (Å²) in [4.78, 5) is 2.44. The molecule has 0 saturated heterocycles. The Bertz CT molecular complexity index is 3300. The first kappa shape index (κ1) is 33.6. The Balaban J connectivity index is 1.18. The van der Waals surface area contributed by atoms with Gasteiger partial charge in [0.05, 0.1) is 16.8 Å². The average molecular weight is 740 g/mol. The summed E-state index contributed by atoms with van der Waals surface area (Å²) in [6.45, 7) is 0. The van der Waals surface area contributed by atoms with Crippen LogP contribution in [0.5, 0.6) is 0 Å². The molecule has 2 heteroatoms. The molecule has 0 aliphatic rings. The van der Waals surface area contributed by atoms with Gasteiger partial charge in [0, 0.05) is 22.2 Å². The second kappa shape index (κ2) is 14.1. The minimum Gasteiger partial charge on any atom is -0.455 e. The summed E-state index contributed by atoms with van der Waals surface area (Å²) < 4.78 is 6.93. The van der Waals surface area contributed by atoms with Gasteiger partial charge in [-0.05, 0) is 103 Å². The van der Waals surface area contributed by atoms with Crippen LogP contribution in [0.3, 0.4) is 0 Å². The lowest BCUT2D eigenvalue weighted by Crippen LogP contribution is -2.12. The van der Waals surface area contributed by atoms with Crippen LogP contribution in [-0.4, -0.2) is 0 Å². The largest absolute Gasteiger partial charge is 0.455 e. The molecule has 0 atom stereocenters. The fraction of sp³-hybridized carbons (Fsp3) is 0. The highest BCUT2D eigenvalue weighted by Gasteiger charge is 2.25. The zero-order chi connectivity index (χ0) is 38.4. The highest BCUT2D eigenvalue weighted by Crippen LogP contribution is 2.49. The normalized spacial score (nSPS) is 11.4. The van der Waals surface area contributed by atoms with Gasteiger partial charge in [-0.2, -0.15) is 0 Å². The molecule has 272 valence electrons. The molecule has 1 heterocycles. The van der Waals surface area contributed by atoms with Crippen LogP contribution < -0.4 is 4.90 Å². The molecule has 11 rings (SSSR count). The van der Waals surface area contributed by atoms with E-state index < -0.39 is 0 Å². The minimum absolute atomic E-state index is 0.862. The Hall–Kier alpha value is -7.68. The van der Waals surface area contributed by atoms with E-state index in [1.165, 1.54) is 32.7 Å². The van der Waals surface area contributed by atoms with E-state index in [1.54, 1.807) is 0 Å². The molecule has 58 heavy (non-hydrogen) atoms. The molecule has 11 aromatic rings. The van der Waals surface area contributed by atoms with E-state index in [2.05, 4.69) is 229 Å². The maximum Gasteiger partial charge on any atom is 0.145 e. The van der Waals surface area contributed by atoms with Crippen molar-refractivity contribution in [3.05, 3.63) is 224 Å². The number of rotatable bonds is 7. The quantitative estimate of drug-likeness (QED) is 0.162. The monoisotopic (exact) mass is 739 g/mol. The zero-order valence-electron chi connectivity index (χ0n) is 31.7. The topological polar surface area (TPSA) is 16.4 Å². The van der Waals surface area contributed by atoms with Gasteiger partial charge >= 0.3 is 0 Å². The Labute approximate surface area is 337 Å². The van der Waals surface area contributed by atoms with Crippen LogP contribution in [0, 0.1) is 0 Å². The van der Waals surface area contributed by atoms with Gasteiger partial charge in [0.2, 0.25) is 0 Å². The average Bonchev–Trinajstić information content (AvgIpc) is 3.70. The van der Waals surface area contributed by atoms with Crippen LogP contribution in [0.25, 0.3) is 88.0 Å². The molecule has 0 unspecified atom stereocenters. The van der Waals surface area contributed by atoms with E-state index in [1.807, 2.05) is 0 Å². The predicted molar refractivity (Wildman–Crippen MR) is 245 cm³/mol. The summed E-state index contributed by atoms with van der Waals surface area (Å²) in [7, 11) is 0. The molecule has 0 amide bonds. The Morgan fingerprint density at radius 3 is 1.81 bits per heavy atom. The molecule has 2 nitrogen and oxygen atoms in total. The Kier molecular flexibility index (Phi) is 8.19. The summed E-state index contributed by atoms with van der Waals surface area (Å²) in [5, 5.41) is 6.99. The number of nitrogens with zero attached hydrogens (tertiary/aromatic N) is 1. The van der Waals surface area contributed by atoms with E-state index in [-0.39, 0.29) is 0 Å². The minimum atomic E-state index is 0.862. The van der Waals surface area contributed by atoms with Gasteiger partial charge in [-0.15, -0.1) is 0 Å². The van der Waals surface area contributed by atoms with Crippen molar-refractivity contribution in [3.8, 4) is 44.5 Å². The standard InChI is InChI=1S/C56H37NO/c1-2-15-38(16-3-1)42-21-12-22-43(35-42)44-23-13-24-46(37-44)57(52-29-10-8-26-48(52)45-32-31-39-17-4-5-19-41(39)36-45)53-34-33-50(49-28-14-20-40-18-6-7-25-47(40)49)56-55(53)51-27-9-11-30-54(51)58-56/h1-37H. The first-order valence-electron chi connectivity index (χ1n) is 19.8. The number of hydrogen-bond acceptors (Lipinski definition) is 2. The smallest absolute Gasteiger partial charge is 0.145 e. The summed E-state index contributed by atoms with van der Waals surface area (Å²) in [5.41, 5.74) is 14.1. The summed E-state index contributed by atoms with van der Waals surface area (Å²) in [6.07, 6.45) is 0. The Morgan fingerprint density at radius 2 is 0.931 bits per heavy atom. The van der Waals surface area contributed by atoms with E-state index in [4.69, 9.17) is 4.42 Å². The maximum atomic E-state index is 6.93. The van der Waals surface area contributed by atoms with Crippen LogP contribution in [0.2, 0.25) is 0 Å². The summed E-state index contributed by atoms with van der Waals surface area (Å²) >= 11 is 0. The van der Waals surface area contributed by atoms with Crippen molar-refractivity contribution >= 4 is 60.5 Å². The van der Waals surface area contributed by atoms with Crippen molar-refractivity contribution in [2.75, 3.05) is 4.90 Å². The van der Waals surface area contributed by atoms with Crippen molar-refractivity contribution in [1.82, 2.24) is 0 Å². The van der Waals surface area contributed by atoms with Crippen LogP contribution in [-0.2, 0) is 0 Å². The van der Waals surface area contributed by atoms with Crippen molar-refractivity contribution in [2.24, 2.45) is 0 Å². The van der Waals surface area contributed by atoms with Crippen molar-refractivity contribution in [1.29, 1.82) is 0 Å². The lowest BCUT2D eigenvalue weighted by Gasteiger charge is -2.29. The predicted octanol–water partition coefficient (Wildman–Crippen LogP) is 16.0. The molecule has 0 fully saturated rings. The van der Waals surface area contributed by atoms with Gasteiger partial charge in [-0.1, -0.05) is 176 Å². The van der Waals surface area contributed by atoms with Crippen molar-refractivity contribution in [3.63, 3.8) is 0 Å². The van der Waals surface area contributed by atoms with E-state index in [0.717, 1.165) is 72.4 Å². The van der Waals surface area contributed by atoms with Crippen LogP contribution in [0.4, 0.5) is 17.1 Å². The fourth-order valence-corrected chi connectivity index (χ4v) is 8.68. The highest BCUT2D eigenvalue weighted by molar-refractivity contribution is 6.19. The third kappa shape index (κ3) is 5.82. The molecule has 0 spiro atoms. The van der Waals surface area contributed by atoms with Gasteiger partial charge in [-0.3, -0.25) is 0 Å². The maximum absolute atomic E-state index is 6.93. The lowest BCUT2D eigenvalue weighted by atomic mass is 9.94. The fourth-order valence-electron chi connectivity index (χ4n) is 8.68. The first-order chi connectivity index (χ1) is 28.8. The van der Waals surface area contributed by atoms with Crippen LogP contribution >= 0.6 is 0 Å². The van der Waals surface area contributed by atoms with E-state index in [9.17, 15) is 0 Å². The van der Waals surface area contributed by atoms with Crippen LogP contribution in [0.1, 0.15) is 0 Å². The van der Waals surface area contributed by atoms with Crippen LogP contribution in [0.15, 0.2) is 229 Å². The van der Waals surface area contributed by atoms with Gasteiger partial charge in [0.1, 0.15) is 11.2 Å². The van der Waals surface area contributed by atoms with Gasteiger partial charge in [0.15, 0.2) is 0 Å². The second-order valence-electron chi connectivity index (χ2n) is 14.9. The second-order valence-corrected chi connectivity index (χ2v) is 14.9. The third-order valence-electron chi connectivity index (χ3n) is 11.4. The SMILES string of the molecule is c1ccc(-c2cccc(-c3cccc(N(c4ccccc4-c4ccc5ccccc5c4)c4ccc(-c5cccc6ccccc56)c5oc6ccccc6c45)c3)c2)cc1. The number of anilines is 3. The Morgan fingerprint density at radius 1 is 0.310 bits per heavy atom. The van der Waals surface area contributed by atoms with E-state index >= 15 is 0 Å². The molecule has 0 N–H and O–H groups in total. The molecular weight excluding hydrogens is 703 g/mol. The molecular formula is C56H37NO. The number of benzene rings is 10. The molecule has 0 radical (unpaired) electrons. The highest BCUT2D eigenvalue weighted by atomic mass is 16.3. The zero-order valence-corrected chi connectivity index (χ0v) is 31.7. The molecule has 10 aromatic carbocycles. The van der Waals surface area contributed by atoms with E-state index in [0.29, 0.717) is 0 Å². The molecule has 0 bridgehead atoms. The third-order valence-corrected chi connectivity index (χ3v) is 11.4. The molecule has 0 saturated carbocycles. The molecule has 1 aromatic heterocycles. The van der Waals surface area contributed by atoms with Gasteiger partial charge in [-0.25, -0.2) is 0 Å². The summed E-state index contributed by atoms with van der Waals surface area (Å²) in [6, 6.07) is 80.7. The first-order valence-corrected chi connectivity index (χ1v) is 19.8. The number of para-hydroxylation sites is 2. The number of fused-ring (bicyclic) bond motifs is 5. The lowest BCUT2D eigenvalue weighted by molar-refractivity contribution is 0.670. The van der Waals surface area contributed by atoms with Gasteiger partial charge in [0.25, 0.3) is 0 Å². The number of furan rings is 1. The van der Waals surface area contributed by atoms with Gasteiger partial charge < -0.3 is 9.32 Å². The summed E-state index contributed by atoms with van der Waals surface area (Å²) in [5.74, 6) is 0. The molecule has 0 aliphatic carbocycles. The van der Waals surface area contributed by atoms with Crippen molar-refractivity contribution in [2.45, 2.75) is 0 Å².